The topological polar surface area (TPSA) is 69.1 Å². The Morgan fingerprint density at radius 1 is 1.21 bits per heavy atom. The zero-order valence-corrected chi connectivity index (χ0v) is 20.8. The van der Waals surface area contributed by atoms with E-state index >= 15 is 0 Å². The highest BCUT2D eigenvalue weighted by Gasteiger charge is 2.33. The molecule has 2 rings (SSSR count). The maximum absolute atomic E-state index is 9.78. The SMILES string of the molecule is CCNC(=NCC(C)(C)N1CC(C)OC(C)C1)NCC(CO)c1ccccc1.I. The first kappa shape index (κ1) is 26.1. The van der Waals surface area contributed by atoms with E-state index in [-0.39, 0.29) is 54.2 Å². The smallest absolute Gasteiger partial charge is 0.191 e. The summed E-state index contributed by atoms with van der Waals surface area (Å²) < 4.78 is 5.87. The Morgan fingerprint density at radius 2 is 1.83 bits per heavy atom. The molecule has 1 aliphatic rings. The lowest BCUT2D eigenvalue weighted by Crippen LogP contribution is -2.56. The number of aliphatic imine (C=N–C) groups is 1. The third kappa shape index (κ3) is 8.39. The fraction of sp³-hybridized carbons (Fsp3) is 0.682. The van der Waals surface area contributed by atoms with Gasteiger partial charge >= 0.3 is 0 Å². The molecule has 1 aromatic carbocycles. The van der Waals surface area contributed by atoms with Gasteiger partial charge in [-0.05, 0) is 40.2 Å². The van der Waals surface area contributed by atoms with Crippen molar-refractivity contribution in [2.75, 3.05) is 39.3 Å². The van der Waals surface area contributed by atoms with Crippen LogP contribution in [0.1, 0.15) is 46.1 Å². The number of aliphatic hydroxyl groups is 1. The molecule has 166 valence electrons. The minimum Gasteiger partial charge on any atom is -0.396 e. The van der Waals surface area contributed by atoms with Crippen molar-refractivity contribution in [2.24, 2.45) is 4.99 Å². The van der Waals surface area contributed by atoms with Crippen molar-refractivity contribution in [1.29, 1.82) is 0 Å². The molecule has 3 unspecified atom stereocenters. The molecule has 1 heterocycles. The molecule has 6 nitrogen and oxygen atoms in total. The highest BCUT2D eigenvalue weighted by atomic mass is 127. The monoisotopic (exact) mass is 518 g/mol. The number of morpholine rings is 1. The summed E-state index contributed by atoms with van der Waals surface area (Å²) in [5.41, 5.74) is 1.08. The first-order valence-electron chi connectivity index (χ1n) is 10.4. The number of nitrogens with zero attached hydrogens (tertiary/aromatic N) is 2. The molecule has 1 aromatic rings. The van der Waals surface area contributed by atoms with Gasteiger partial charge in [0.25, 0.3) is 0 Å². The number of benzene rings is 1. The Hall–Kier alpha value is -0.900. The Labute approximate surface area is 193 Å². The molecule has 0 aliphatic carbocycles. The lowest BCUT2D eigenvalue weighted by Gasteiger charge is -2.44. The van der Waals surface area contributed by atoms with Crippen LogP contribution in [0.5, 0.6) is 0 Å². The summed E-state index contributed by atoms with van der Waals surface area (Å²) in [5, 5.41) is 16.5. The van der Waals surface area contributed by atoms with Gasteiger partial charge in [-0.15, -0.1) is 24.0 Å². The van der Waals surface area contributed by atoms with Gasteiger partial charge in [-0.1, -0.05) is 30.3 Å². The molecule has 0 spiro atoms. The largest absolute Gasteiger partial charge is 0.396 e. The molecule has 29 heavy (non-hydrogen) atoms. The number of halogens is 1. The Bertz CT molecular complexity index is 602. The summed E-state index contributed by atoms with van der Waals surface area (Å²) in [6.07, 6.45) is 0.490. The van der Waals surface area contributed by atoms with Crippen molar-refractivity contribution in [3.05, 3.63) is 35.9 Å². The summed E-state index contributed by atoms with van der Waals surface area (Å²) in [5.74, 6) is 0.832. The number of aliphatic hydroxyl groups excluding tert-OH is 1. The van der Waals surface area contributed by atoms with Gasteiger partial charge in [-0.3, -0.25) is 9.89 Å². The second-order valence-electron chi connectivity index (χ2n) is 8.34. The summed E-state index contributed by atoms with van der Waals surface area (Å²) in [6.45, 7) is 14.9. The summed E-state index contributed by atoms with van der Waals surface area (Å²) in [6, 6.07) is 10.1. The van der Waals surface area contributed by atoms with E-state index in [0.29, 0.717) is 13.1 Å². The van der Waals surface area contributed by atoms with E-state index < -0.39 is 0 Å². The zero-order valence-electron chi connectivity index (χ0n) is 18.5. The van der Waals surface area contributed by atoms with E-state index in [1.165, 1.54) is 0 Å². The van der Waals surface area contributed by atoms with Crippen LogP contribution in [0.4, 0.5) is 0 Å². The third-order valence-electron chi connectivity index (χ3n) is 5.25. The minimum atomic E-state index is -0.0511. The van der Waals surface area contributed by atoms with Gasteiger partial charge in [0.15, 0.2) is 5.96 Å². The van der Waals surface area contributed by atoms with Gasteiger partial charge in [0, 0.05) is 37.6 Å². The maximum atomic E-state index is 9.78. The van der Waals surface area contributed by atoms with Gasteiger partial charge in [-0.25, -0.2) is 0 Å². The van der Waals surface area contributed by atoms with E-state index in [1.54, 1.807) is 0 Å². The fourth-order valence-electron chi connectivity index (χ4n) is 3.62. The standard InChI is InChI=1S/C22H38N4O2.HI/c1-6-23-21(24-12-20(15-27)19-10-8-7-9-11-19)25-16-22(4,5)26-13-17(2)28-18(3)14-26;/h7-11,17-18,20,27H,6,12-16H2,1-5H3,(H2,23,24,25);1H. The van der Waals surface area contributed by atoms with Crippen molar-refractivity contribution in [3.8, 4) is 0 Å². The van der Waals surface area contributed by atoms with E-state index in [1.807, 2.05) is 18.2 Å². The first-order valence-corrected chi connectivity index (χ1v) is 10.4. The van der Waals surface area contributed by atoms with Crippen LogP contribution in [-0.4, -0.2) is 73.0 Å². The van der Waals surface area contributed by atoms with Crippen LogP contribution in [0.3, 0.4) is 0 Å². The Balaban J connectivity index is 0.00000420. The summed E-state index contributed by atoms with van der Waals surface area (Å²) in [4.78, 5) is 7.31. The molecule has 0 amide bonds. The van der Waals surface area contributed by atoms with Crippen LogP contribution >= 0.6 is 24.0 Å². The molecule has 0 radical (unpaired) electrons. The number of ether oxygens (including phenoxy) is 1. The molecule has 3 atom stereocenters. The van der Waals surface area contributed by atoms with Gasteiger partial charge in [-0.2, -0.15) is 0 Å². The molecule has 0 aromatic heterocycles. The second-order valence-corrected chi connectivity index (χ2v) is 8.34. The summed E-state index contributed by atoms with van der Waals surface area (Å²) >= 11 is 0. The van der Waals surface area contributed by atoms with Crippen LogP contribution in [0, 0.1) is 0 Å². The third-order valence-corrected chi connectivity index (χ3v) is 5.25. The van der Waals surface area contributed by atoms with Crippen LogP contribution in [-0.2, 0) is 4.74 Å². The normalized spacial score (nSPS) is 21.9. The number of hydrogen-bond donors (Lipinski definition) is 3. The van der Waals surface area contributed by atoms with Gasteiger partial charge < -0.3 is 20.5 Å². The van der Waals surface area contributed by atoms with Crippen molar-refractivity contribution in [2.45, 2.75) is 58.3 Å². The zero-order chi connectivity index (χ0) is 20.6. The van der Waals surface area contributed by atoms with E-state index in [0.717, 1.165) is 31.2 Å². The average molecular weight is 518 g/mol. The predicted molar refractivity (Wildman–Crippen MR) is 131 cm³/mol. The Morgan fingerprint density at radius 3 is 2.38 bits per heavy atom. The van der Waals surface area contributed by atoms with E-state index in [9.17, 15) is 5.11 Å². The average Bonchev–Trinajstić information content (AvgIpc) is 2.66. The number of rotatable bonds is 8. The lowest BCUT2D eigenvalue weighted by atomic mass is 10.00. The second kappa shape index (κ2) is 12.7. The van der Waals surface area contributed by atoms with Crippen molar-refractivity contribution >= 4 is 29.9 Å². The predicted octanol–water partition coefficient (Wildman–Crippen LogP) is 2.82. The minimum absolute atomic E-state index is 0. The summed E-state index contributed by atoms with van der Waals surface area (Å²) in [7, 11) is 0. The lowest BCUT2D eigenvalue weighted by molar-refractivity contribution is -0.0939. The molecular formula is C22H39IN4O2. The maximum Gasteiger partial charge on any atom is 0.191 e. The molecular weight excluding hydrogens is 479 g/mol. The Kier molecular flexibility index (Phi) is 11.5. The van der Waals surface area contributed by atoms with Crippen molar-refractivity contribution < 1.29 is 9.84 Å². The van der Waals surface area contributed by atoms with Crippen LogP contribution in [0.25, 0.3) is 0 Å². The highest BCUT2D eigenvalue weighted by Crippen LogP contribution is 2.21. The molecule has 0 saturated carbocycles. The van der Waals surface area contributed by atoms with Gasteiger partial charge in [0.2, 0.25) is 0 Å². The molecule has 3 N–H and O–H groups in total. The highest BCUT2D eigenvalue weighted by molar-refractivity contribution is 14.0. The number of guanidine groups is 1. The molecule has 7 heteroatoms. The molecule has 1 saturated heterocycles. The van der Waals surface area contributed by atoms with E-state index in [2.05, 4.69) is 62.3 Å². The molecule has 1 fully saturated rings. The molecule has 1 aliphatic heterocycles. The quantitative estimate of drug-likeness (QED) is 0.281. The van der Waals surface area contributed by atoms with Crippen molar-refractivity contribution in [1.82, 2.24) is 15.5 Å². The van der Waals surface area contributed by atoms with Crippen LogP contribution in [0.15, 0.2) is 35.3 Å². The number of nitrogens with one attached hydrogen (secondary N) is 2. The van der Waals surface area contributed by atoms with Crippen LogP contribution < -0.4 is 10.6 Å². The number of hydrogen-bond acceptors (Lipinski definition) is 4. The van der Waals surface area contributed by atoms with Crippen molar-refractivity contribution in [3.63, 3.8) is 0 Å². The molecule has 0 bridgehead atoms. The van der Waals surface area contributed by atoms with Crippen LogP contribution in [0.2, 0.25) is 0 Å². The van der Waals surface area contributed by atoms with Gasteiger partial charge in [0.05, 0.1) is 25.4 Å². The fourth-order valence-corrected chi connectivity index (χ4v) is 3.62. The van der Waals surface area contributed by atoms with E-state index in [4.69, 9.17) is 9.73 Å². The first-order chi connectivity index (χ1) is 13.4. The van der Waals surface area contributed by atoms with Gasteiger partial charge in [0.1, 0.15) is 0 Å².